The molecule has 0 aliphatic carbocycles. The van der Waals surface area contributed by atoms with Gasteiger partial charge in [-0.15, -0.1) is 11.8 Å². The molecule has 18 heavy (non-hydrogen) atoms. The largest absolute Gasteiger partial charge is 0.444 e. The minimum absolute atomic E-state index is 0.0970. The van der Waals surface area contributed by atoms with E-state index in [2.05, 4.69) is 0 Å². The summed E-state index contributed by atoms with van der Waals surface area (Å²) >= 11 is 1.77. The van der Waals surface area contributed by atoms with Crippen LogP contribution in [0.5, 0.6) is 0 Å². The number of rotatable bonds is 3. The van der Waals surface area contributed by atoms with Crippen LogP contribution in [-0.4, -0.2) is 46.5 Å². The van der Waals surface area contributed by atoms with Crippen LogP contribution in [0.3, 0.4) is 0 Å². The summed E-state index contributed by atoms with van der Waals surface area (Å²) in [6, 6.07) is 0.0970. The van der Waals surface area contributed by atoms with Crippen LogP contribution in [0, 0.1) is 0 Å². The lowest BCUT2D eigenvalue weighted by Crippen LogP contribution is -2.50. The number of thioether (sulfide) groups is 1. The predicted molar refractivity (Wildman–Crippen MR) is 74.9 cm³/mol. The van der Waals surface area contributed by atoms with Crippen LogP contribution in [0.15, 0.2) is 0 Å². The number of carbonyl (C=O) groups is 1. The van der Waals surface area contributed by atoms with E-state index in [1.54, 1.807) is 11.8 Å². The van der Waals surface area contributed by atoms with E-state index in [0.717, 1.165) is 5.75 Å². The Labute approximate surface area is 114 Å². The number of hydrogen-bond acceptors (Lipinski definition) is 4. The molecule has 0 aromatic rings. The summed E-state index contributed by atoms with van der Waals surface area (Å²) in [6.45, 7) is 13.0. The van der Waals surface area contributed by atoms with Crippen LogP contribution in [0.25, 0.3) is 0 Å². The number of nitrogens with zero attached hydrogens (tertiary/aromatic N) is 1. The summed E-state index contributed by atoms with van der Waals surface area (Å²) in [4.78, 5) is 13.9. The Balaban J connectivity index is 2.75. The second-order valence-corrected chi connectivity index (χ2v) is 7.54. The van der Waals surface area contributed by atoms with Crippen molar-refractivity contribution in [2.75, 3.05) is 19.0 Å². The molecule has 1 rings (SSSR count). The van der Waals surface area contributed by atoms with Gasteiger partial charge in [-0.25, -0.2) is 4.79 Å². The Morgan fingerprint density at radius 3 is 2.56 bits per heavy atom. The van der Waals surface area contributed by atoms with E-state index in [0.29, 0.717) is 13.2 Å². The molecule has 1 unspecified atom stereocenters. The smallest absolute Gasteiger partial charge is 0.411 e. The SMILES string of the molecule is CCOCC1CSC(C)(C)N1C(=O)OC(C)(C)C. The summed E-state index contributed by atoms with van der Waals surface area (Å²) in [7, 11) is 0. The van der Waals surface area contributed by atoms with Gasteiger partial charge < -0.3 is 9.47 Å². The fourth-order valence-corrected chi connectivity index (χ4v) is 3.15. The topological polar surface area (TPSA) is 38.8 Å². The zero-order valence-electron chi connectivity index (χ0n) is 12.3. The van der Waals surface area contributed by atoms with Crippen molar-refractivity contribution in [1.29, 1.82) is 0 Å². The van der Waals surface area contributed by atoms with Gasteiger partial charge in [0.1, 0.15) is 5.60 Å². The van der Waals surface area contributed by atoms with E-state index in [1.165, 1.54) is 0 Å². The van der Waals surface area contributed by atoms with Crippen LogP contribution in [-0.2, 0) is 9.47 Å². The first kappa shape index (κ1) is 15.6. The highest BCUT2D eigenvalue weighted by Crippen LogP contribution is 2.39. The third-order valence-electron chi connectivity index (χ3n) is 2.68. The van der Waals surface area contributed by atoms with Crippen molar-refractivity contribution in [3.05, 3.63) is 0 Å². The second-order valence-electron chi connectivity index (χ2n) is 5.92. The molecule has 1 atom stereocenters. The lowest BCUT2D eigenvalue weighted by Gasteiger charge is -2.35. The van der Waals surface area contributed by atoms with E-state index in [-0.39, 0.29) is 17.0 Å². The fraction of sp³-hybridized carbons (Fsp3) is 0.923. The standard InChI is InChI=1S/C13H25NO3S/c1-7-16-8-10-9-18-13(5,6)14(10)11(15)17-12(2,3)4/h10H,7-9H2,1-6H3. The van der Waals surface area contributed by atoms with Gasteiger partial charge in [0.25, 0.3) is 0 Å². The van der Waals surface area contributed by atoms with Crippen LogP contribution >= 0.6 is 11.8 Å². The van der Waals surface area contributed by atoms with Crippen LogP contribution in [0.1, 0.15) is 41.5 Å². The van der Waals surface area contributed by atoms with Crippen molar-refractivity contribution in [3.63, 3.8) is 0 Å². The highest BCUT2D eigenvalue weighted by molar-refractivity contribution is 8.00. The molecular weight excluding hydrogens is 250 g/mol. The van der Waals surface area contributed by atoms with Crippen molar-refractivity contribution in [1.82, 2.24) is 4.90 Å². The summed E-state index contributed by atoms with van der Waals surface area (Å²) in [5.41, 5.74) is -0.462. The molecule has 1 aliphatic heterocycles. The molecule has 0 saturated carbocycles. The maximum atomic E-state index is 12.3. The highest BCUT2D eigenvalue weighted by atomic mass is 32.2. The first-order chi connectivity index (χ1) is 8.17. The van der Waals surface area contributed by atoms with Gasteiger partial charge >= 0.3 is 6.09 Å². The molecule has 0 spiro atoms. The summed E-state index contributed by atoms with van der Waals surface area (Å²) in [5.74, 6) is 0.895. The normalized spacial score (nSPS) is 23.2. The fourth-order valence-electron chi connectivity index (χ4n) is 1.94. The molecule has 1 heterocycles. The molecule has 4 nitrogen and oxygen atoms in total. The van der Waals surface area contributed by atoms with Gasteiger partial charge in [0.15, 0.2) is 0 Å². The molecule has 0 N–H and O–H groups in total. The zero-order valence-corrected chi connectivity index (χ0v) is 13.1. The minimum Gasteiger partial charge on any atom is -0.444 e. The molecule has 1 aliphatic rings. The maximum absolute atomic E-state index is 12.3. The number of amides is 1. The quantitative estimate of drug-likeness (QED) is 0.793. The third-order valence-corrected chi connectivity index (χ3v) is 4.13. The summed E-state index contributed by atoms with van der Waals surface area (Å²) in [6.07, 6.45) is -0.248. The summed E-state index contributed by atoms with van der Waals surface area (Å²) in [5, 5.41) is 0. The Hall–Kier alpha value is -0.420. The number of carbonyl (C=O) groups excluding carboxylic acids is 1. The molecule has 1 saturated heterocycles. The number of ether oxygens (including phenoxy) is 2. The van der Waals surface area contributed by atoms with E-state index in [9.17, 15) is 4.79 Å². The van der Waals surface area contributed by atoms with Crippen molar-refractivity contribution in [3.8, 4) is 0 Å². The maximum Gasteiger partial charge on any atom is 0.411 e. The Morgan fingerprint density at radius 2 is 2.06 bits per heavy atom. The van der Waals surface area contributed by atoms with Crippen LogP contribution < -0.4 is 0 Å². The van der Waals surface area contributed by atoms with Gasteiger partial charge in [-0.2, -0.15) is 0 Å². The van der Waals surface area contributed by atoms with E-state index in [1.807, 2.05) is 46.4 Å². The predicted octanol–water partition coefficient (Wildman–Crippen LogP) is 3.11. The Bertz CT molecular complexity index is 299. The van der Waals surface area contributed by atoms with Crippen molar-refractivity contribution in [2.45, 2.75) is 58.1 Å². The van der Waals surface area contributed by atoms with Gasteiger partial charge in [-0.05, 0) is 41.5 Å². The first-order valence-corrected chi connectivity index (χ1v) is 7.40. The van der Waals surface area contributed by atoms with Crippen molar-refractivity contribution < 1.29 is 14.3 Å². The minimum atomic E-state index is -0.462. The van der Waals surface area contributed by atoms with Gasteiger partial charge in [0, 0.05) is 12.4 Å². The lowest BCUT2D eigenvalue weighted by molar-refractivity contribution is -0.00293. The zero-order chi connectivity index (χ0) is 14.0. The van der Waals surface area contributed by atoms with E-state index in [4.69, 9.17) is 9.47 Å². The third kappa shape index (κ3) is 4.05. The van der Waals surface area contributed by atoms with Gasteiger partial charge in [-0.3, -0.25) is 4.90 Å². The molecule has 1 amide bonds. The van der Waals surface area contributed by atoms with Gasteiger partial charge in [-0.1, -0.05) is 0 Å². The van der Waals surface area contributed by atoms with Gasteiger partial charge in [0.05, 0.1) is 17.5 Å². The molecule has 1 fully saturated rings. The molecular formula is C13H25NO3S. The van der Waals surface area contributed by atoms with Gasteiger partial charge in [0.2, 0.25) is 0 Å². The first-order valence-electron chi connectivity index (χ1n) is 6.41. The second kappa shape index (κ2) is 5.70. The molecule has 0 aromatic heterocycles. The lowest BCUT2D eigenvalue weighted by atomic mass is 10.2. The molecule has 0 aromatic carbocycles. The Morgan fingerprint density at radius 1 is 1.44 bits per heavy atom. The average molecular weight is 275 g/mol. The molecule has 0 radical (unpaired) electrons. The summed E-state index contributed by atoms with van der Waals surface area (Å²) < 4.78 is 10.9. The molecule has 5 heteroatoms. The van der Waals surface area contributed by atoms with Crippen molar-refractivity contribution >= 4 is 17.9 Å². The van der Waals surface area contributed by atoms with Crippen molar-refractivity contribution in [2.24, 2.45) is 0 Å². The highest BCUT2D eigenvalue weighted by Gasteiger charge is 2.45. The number of hydrogen-bond donors (Lipinski definition) is 0. The Kier molecular flexibility index (Phi) is 4.95. The average Bonchev–Trinajstić information content (AvgIpc) is 2.48. The van der Waals surface area contributed by atoms with E-state index < -0.39 is 5.60 Å². The van der Waals surface area contributed by atoms with E-state index >= 15 is 0 Å². The van der Waals surface area contributed by atoms with Crippen LogP contribution in [0.2, 0.25) is 0 Å². The molecule has 0 bridgehead atoms. The molecule has 106 valence electrons. The monoisotopic (exact) mass is 275 g/mol. The van der Waals surface area contributed by atoms with Crippen LogP contribution in [0.4, 0.5) is 4.79 Å².